The molecule has 0 fully saturated rings. The van der Waals surface area contributed by atoms with Crippen LogP contribution < -0.4 is 10.5 Å². The normalized spacial score (nSPS) is 10.4. The van der Waals surface area contributed by atoms with E-state index in [2.05, 4.69) is 0 Å². The Morgan fingerprint density at radius 2 is 2.07 bits per heavy atom. The van der Waals surface area contributed by atoms with Crippen LogP contribution in [0.5, 0.6) is 11.5 Å². The average molecular weight is 189 g/mol. The summed E-state index contributed by atoms with van der Waals surface area (Å²) in [6.07, 6.45) is 0. The van der Waals surface area contributed by atoms with E-state index in [0.29, 0.717) is 11.4 Å². The standard InChI is InChI=1S/C11H11NO2/c1-14-11-6-8-7(5-9(11)12)3-2-4-10(8)13/h2-6,13H,12H2,1H3. The molecule has 0 aliphatic rings. The van der Waals surface area contributed by atoms with Gasteiger partial charge in [-0.05, 0) is 23.6 Å². The Balaban J connectivity index is 2.80. The van der Waals surface area contributed by atoms with Crippen molar-refractivity contribution in [2.75, 3.05) is 12.8 Å². The van der Waals surface area contributed by atoms with Gasteiger partial charge in [-0.3, -0.25) is 0 Å². The summed E-state index contributed by atoms with van der Waals surface area (Å²) in [5, 5.41) is 11.2. The van der Waals surface area contributed by atoms with E-state index < -0.39 is 0 Å². The van der Waals surface area contributed by atoms with Crippen LogP contribution in [0, 0.1) is 0 Å². The van der Waals surface area contributed by atoms with Crippen LogP contribution in [0.4, 0.5) is 5.69 Å². The molecule has 3 N–H and O–H groups in total. The predicted octanol–water partition coefficient (Wildman–Crippen LogP) is 2.14. The minimum absolute atomic E-state index is 0.237. The molecule has 0 spiro atoms. The smallest absolute Gasteiger partial charge is 0.142 e. The van der Waals surface area contributed by atoms with E-state index in [1.807, 2.05) is 6.07 Å². The van der Waals surface area contributed by atoms with Gasteiger partial charge in [-0.15, -0.1) is 0 Å². The number of fused-ring (bicyclic) bond motifs is 1. The summed E-state index contributed by atoms with van der Waals surface area (Å²) in [7, 11) is 1.55. The third kappa shape index (κ3) is 1.23. The molecule has 0 radical (unpaired) electrons. The van der Waals surface area contributed by atoms with E-state index in [-0.39, 0.29) is 5.75 Å². The van der Waals surface area contributed by atoms with Gasteiger partial charge in [0.15, 0.2) is 0 Å². The number of methoxy groups -OCH3 is 1. The van der Waals surface area contributed by atoms with Crippen molar-refractivity contribution in [3.63, 3.8) is 0 Å². The molecule has 3 nitrogen and oxygen atoms in total. The molecule has 2 aromatic carbocycles. The number of phenols is 1. The lowest BCUT2D eigenvalue weighted by atomic mass is 10.1. The summed E-state index contributed by atoms with van der Waals surface area (Å²) >= 11 is 0. The molecule has 0 saturated carbocycles. The highest BCUT2D eigenvalue weighted by atomic mass is 16.5. The van der Waals surface area contributed by atoms with Gasteiger partial charge in [0, 0.05) is 5.39 Å². The van der Waals surface area contributed by atoms with Crippen LogP contribution >= 0.6 is 0 Å². The third-order valence-electron chi connectivity index (χ3n) is 2.21. The highest BCUT2D eigenvalue weighted by Crippen LogP contribution is 2.32. The van der Waals surface area contributed by atoms with Gasteiger partial charge < -0.3 is 15.6 Å². The Kier molecular flexibility index (Phi) is 1.93. The number of rotatable bonds is 1. The topological polar surface area (TPSA) is 55.5 Å². The van der Waals surface area contributed by atoms with Crippen LogP contribution in [0.2, 0.25) is 0 Å². The van der Waals surface area contributed by atoms with Gasteiger partial charge in [0.05, 0.1) is 12.8 Å². The van der Waals surface area contributed by atoms with Gasteiger partial charge in [-0.1, -0.05) is 12.1 Å². The fourth-order valence-corrected chi connectivity index (χ4v) is 1.48. The van der Waals surface area contributed by atoms with Crippen LogP contribution in [0.1, 0.15) is 0 Å². The monoisotopic (exact) mass is 189 g/mol. The van der Waals surface area contributed by atoms with E-state index in [1.165, 1.54) is 0 Å². The molecule has 2 aromatic rings. The summed E-state index contributed by atoms with van der Waals surface area (Å²) in [6, 6.07) is 8.83. The lowest BCUT2D eigenvalue weighted by molar-refractivity contribution is 0.417. The van der Waals surface area contributed by atoms with Crippen LogP contribution in [0.3, 0.4) is 0 Å². The first-order valence-corrected chi connectivity index (χ1v) is 4.27. The number of ether oxygens (including phenoxy) is 1. The molecule has 0 saturated heterocycles. The number of aromatic hydroxyl groups is 1. The van der Waals surface area contributed by atoms with Gasteiger partial charge in [0.1, 0.15) is 11.5 Å². The maximum atomic E-state index is 9.59. The molecule has 0 heterocycles. The average Bonchev–Trinajstić information content (AvgIpc) is 2.17. The van der Waals surface area contributed by atoms with Crippen LogP contribution in [0.25, 0.3) is 10.8 Å². The molecular weight excluding hydrogens is 178 g/mol. The third-order valence-corrected chi connectivity index (χ3v) is 2.21. The second-order valence-corrected chi connectivity index (χ2v) is 3.09. The maximum absolute atomic E-state index is 9.59. The van der Waals surface area contributed by atoms with Gasteiger partial charge in [0.25, 0.3) is 0 Å². The summed E-state index contributed by atoms with van der Waals surface area (Å²) in [6.45, 7) is 0. The second kappa shape index (κ2) is 3.10. The van der Waals surface area contributed by atoms with E-state index in [0.717, 1.165) is 10.8 Å². The lowest BCUT2D eigenvalue weighted by Gasteiger charge is -2.07. The summed E-state index contributed by atoms with van der Waals surface area (Å²) in [5.74, 6) is 0.819. The molecular formula is C11H11NO2. The van der Waals surface area contributed by atoms with Crippen molar-refractivity contribution in [1.29, 1.82) is 0 Å². The molecule has 3 heteroatoms. The van der Waals surface area contributed by atoms with Crippen LogP contribution in [-0.2, 0) is 0 Å². The van der Waals surface area contributed by atoms with Crippen molar-refractivity contribution >= 4 is 16.5 Å². The van der Waals surface area contributed by atoms with Crippen molar-refractivity contribution < 1.29 is 9.84 Å². The van der Waals surface area contributed by atoms with Crippen molar-refractivity contribution in [3.8, 4) is 11.5 Å². The summed E-state index contributed by atoms with van der Waals surface area (Å²) in [4.78, 5) is 0. The Labute approximate surface area is 81.7 Å². The Morgan fingerprint density at radius 3 is 2.79 bits per heavy atom. The number of phenolic OH excluding ortho intramolecular Hbond substituents is 1. The molecule has 0 unspecified atom stereocenters. The van der Waals surface area contributed by atoms with Gasteiger partial charge in [-0.25, -0.2) is 0 Å². The second-order valence-electron chi connectivity index (χ2n) is 3.09. The fraction of sp³-hybridized carbons (Fsp3) is 0.0909. The van der Waals surface area contributed by atoms with Gasteiger partial charge >= 0.3 is 0 Å². The molecule has 0 aromatic heterocycles. The highest BCUT2D eigenvalue weighted by molar-refractivity contribution is 5.92. The molecule has 0 bridgehead atoms. The number of nitrogens with two attached hydrogens (primary N) is 1. The number of hydrogen-bond donors (Lipinski definition) is 2. The number of benzene rings is 2. The quantitative estimate of drug-likeness (QED) is 0.676. The first-order chi connectivity index (χ1) is 6.72. The summed E-state index contributed by atoms with van der Waals surface area (Å²) < 4.78 is 5.07. The zero-order chi connectivity index (χ0) is 10.1. The molecule has 0 atom stereocenters. The van der Waals surface area contributed by atoms with E-state index in [4.69, 9.17) is 10.5 Å². The first kappa shape index (κ1) is 8.69. The number of hydrogen-bond acceptors (Lipinski definition) is 3. The first-order valence-electron chi connectivity index (χ1n) is 4.27. The molecule has 14 heavy (non-hydrogen) atoms. The zero-order valence-electron chi connectivity index (χ0n) is 7.82. The highest BCUT2D eigenvalue weighted by Gasteiger charge is 2.04. The molecule has 0 aliphatic carbocycles. The van der Waals surface area contributed by atoms with Crippen LogP contribution in [0.15, 0.2) is 30.3 Å². The fourth-order valence-electron chi connectivity index (χ4n) is 1.48. The van der Waals surface area contributed by atoms with Crippen molar-refractivity contribution in [1.82, 2.24) is 0 Å². The van der Waals surface area contributed by atoms with E-state index in [9.17, 15) is 5.11 Å². The number of anilines is 1. The van der Waals surface area contributed by atoms with Crippen molar-refractivity contribution in [2.24, 2.45) is 0 Å². The van der Waals surface area contributed by atoms with Gasteiger partial charge in [0.2, 0.25) is 0 Å². The Hall–Kier alpha value is -1.90. The lowest BCUT2D eigenvalue weighted by Crippen LogP contribution is -1.92. The predicted molar refractivity (Wildman–Crippen MR) is 56.6 cm³/mol. The Morgan fingerprint density at radius 1 is 1.29 bits per heavy atom. The Bertz CT molecular complexity index is 480. The van der Waals surface area contributed by atoms with Crippen molar-refractivity contribution in [3.05, 3.63) is 30.3 Å². The largest absolute Gasteiger partial charge is 0.507 e. The minimum atomic E-state index is 0.237. The zero-order valence-corrected chi connectivity index (χ0v) is 7.82. The molecule has 0 aliphatic heterocycles. The molecule has 2 rings (SSSR count). The number of nitrogen functional groups attached to an aromatic ring is 1. The minimum Gasteiger partial charge on any atom is -0.507 e. The van der Waals surface area contributed by atoms with E-state index >= 15 is 0 Å². The van der Waals surface area contributed by atoms with Crippen LogP contribution in [-0.4, -0.2) is 12.2 Å². The van der Waals surface area contributed by atoms with E-state index in [1.54, 1.807) is 31.4 Å². The molecule has 72 valence electrons. The van der Waals surface area contributed by atoms with Crippen molar-refractivity contribution in [2.45, 2.75) is 0 Å². The SMILES string of the molecule is COc1cc2c(O)cccc2cc1N. The molecule has 0 amide bonds. The summed E-state index contributed by atoms with van der Waals surface area (Å²) in [5.41, 5.74) is 6.32. The maximum Gasteiger partial charge on any atom is 0.142 e. The van der Waals surface area contributed by atoms with Gasteiger partial charge in [-0.2, -0.15) is 0 Å².